The fraction of sp³-hybridized carbons (Fsp3) is 0.227. The maximum atomic E-state index is 13.8. The van der Waals surface area contributed by atoms with Crippen molar-refractivity contribution in [3.63, 3.8) is 0 Å². The molecular formula is C22H23ClFN5O2. The summed E-state index contributed by atoms with van der Waals surface area (Å²) < 4.78 is 14.9. The lowest BCUT2D eigenvalue weighted by Crippen LogP contribution is -2.31. The average molecular weight is 444 g/mol. The van der Waals surface area contributed by atoms with Gasteiger partial charge in [0.2, 0.25) is 0 Å². The lowest BCUT2D eigenvalue weighted by molar-refractivity contribution is 0.102. The third-order valence-corrected chi connectivity index (χ3v) is 5.04. The SMILES string of the molecule is C1CCNC1.Cc1cccc(Cl)c1-n1cnc(N)c(C(=O)Nc2ccccc2F)c1=O. The molecule has 0 bridgehead atoms. The van der Waals surface area contributed by atoms with Gasteiger partial charge in [0.1, 0.15) is 23.5 Å². The number of benzene rings is 2. The summed E-state index contributed by atoms with van der Waals surface area (Å²) in [6.45, 7) is 4.27. The quantitative estimate of drug-likeness (QED) is 0.574. The molecule has 3 aromatic rings. The van der Waals surface area contributed by atoms with Crippen molar-refractivity contribution >= 4 is 29.0 Å². The molecule has 1 aromatic heterocycles. The number of nitrogens with two attached hydrogens (primary N) is 1. The van der Waals surface area contributed by atoms with Crippen LogP contribution in [0, 0.1) is 12.7 Å². The number of nitrogens with zero attached hydrogens (tertiary/aromatic N) is 2. The number of rotatable bonds is 3. The van der Waals surface area contributed by atoms with E-state index < -0.39 is 22.8 Å². The molecule has 0 radical (unpaired) electrons. The molecule has 9 heteroatoms. The number of hydrogen-bond acceptors (Lipinski definition) is 5. The normalized spacial score (nSPS) is 12.7. The second kappa shape index (κ2) is 10.2. The number of aromatic nitrogens is 2. The first kappa shape index (κ1) is 22.5. The Bertz CT molecular complexity index is 1120. The second-order valence-electron chi connectivity index (χ2n) is 6.98. The van der Waals surface area contributed by atoms with Crippen molar-refractivity contribution in [1.29, 1.82) is 0 Å². The van der Waals surface area contributed by atoms with Crippen molar-refractivity contribution in [1.82, 2.24) is 14.9 Å². The zero-order chi connectivity index (χ0) is 22.4. The molecule has 0 spiro atoms. The molecule has 1 aliphatic rings. The van der Waals surface area contributed by atoms with E-state index in [1.165, 1.54) is 50.5 Å². The van der Waals surface area contributed by atoms with E-state index in [1.807, 2.05) is 0 Å². The number of nitrogen functional groups attached to an aromatic ring is 1. The molecular weight excluding hydrogens is 421 g/mol. The van der Waals surface area contributed by atoms with E-state index in [9.17, 15) is 14.0 Å². The van der Waals surface area contributed by atoms with Gasteiger partial charge in [-0.1, -0.05) is 35.9 Å². The van der Waals surface area contributed by atoms with Crippen LogP contribution in [0.25, 0.3) is 5.69 Å². The number of halogens is 2. The van der Waals surface area contributed by atoms with Gasteiger partial charge in [-0.2, -0.15) is 0 Å². The summed E-state index contributed by atoms with van der Waals surface area (Å²) in [5.41, 5.74) is 5.67. The van der Waals surface area contributed by atoms with E-state index >= 15 is 0 Å². The van der Waals surface area contributed by atoms with Gasteiger partial charge in [-0.25, -0.2) is 9.37 Å². The van der Waals surface area contributed by atoms with Crippen LogP contribution >= 0.6 is 11.6 Å². The van der Waals surface area contributed by atoms with Crippen LogP contribution in [0.5, 0.6) is 0 Å². The predicted molar refractivity (Wildman–Crippen MR) is 120 cm³/mol. The van der Waals surface area contributed by atoms with Gasteiger partial charge in [0, 0.05) is 0 Å². The molecule has 2 heterocycles. The zero-order valence-electron chi connectivity index (χ0n) is 17.0. The Morgan fingerprint density at radius 1 is 1.19 bits per heavy atom. The van der Waals surface area contributed by atoms with Gasteiger partial charge in [0.15, 0.2) is 0 Å². The third kappa shape index (κ3) is 5.28. The number of hydrogen-bond donors (Lipinski definition) is 3. The molecule has 2 aromatic carbocycles. The minimum Gasteiger partial charge on any atom is -0.383 e. The number of amides is 1. The third-order valence-electron chi connectivity index (χ3n) is 4.74. The lowest BCUT2D eigenvalue weighted by atomic mass is 10.2. The maximum absolute atomic E-state index is 13.8. The highest BCUT2D eigenvalue weighted by Gasteiger charge is 2.21. The molecule has 4 N–H and O–H groups in total. The summed E-state index contributed by atoms with van der Waals surface area (Å²) in [4.78, 5) is 29.3. The Hall–Kier alpha value is -3.23. The number of anilines is 2. The summed E-state index contributed by atoms with van der Waals surface area (Å²) in [5, 5.41) is 5.88. The number of para-hydroxylation sites is 2. The maximum Gasteiger partial charge on any atom is 0.273 e. The van der Waals surface area contributed by atoms with Crippen LogP contribution in [0.3, 0.4) is 0 Å². The first-order valence-corrected chi connectivity index (χ1v) is 10.2. The van der Waals surface area contributed by atoms with Gasteiger partial charge < -0.3 is 16.4 Å². The monoisotopic (exact) mass is 443 g/mol. The topological polar surface area (TPSA) is 102 Å². The van der Waals surface area contributed by atoms with Crippen LogP contribution in [0.4, 0.5) is 15.9 Å². The lowest BCUT2D eigenvalue weighted by Gasteiger charge is -2.13. The molecule has 162 valence electrons. The van der Waals surface area contributed by atoms with E-state index in [-0.39, 0.29) is 11.5 Å². The van der Waals surface area contributed by atoms with Gasteiger partial charge in [0.05, 0.1) is 16.4 Å². The van der Waals surface area contributed by atoms with Gasteiger partial charge in [0.25, 0.3) is 11.5 Å². The molecule has 1 amide bonds. The fourth-order valence-corrected chi connectivity index (χ4v) is 3.45. The Labute approximate surface area is 184 Å². The van der Waals surface area contributed by atoms with Crippen LogP contribution < -0.4 is 21.9 Å². The fourth-order valence-electron chi connectivity index (χ4n) is 3.14. The van der Waals surface area contributed by atoms with Crippen molar-refractivity contribution in [3.8, 4) is 5.69 Å². The van der Waals surface area contributed by atoms with E-state index in [0.29, 0.717) is 16.3 Å². The van der Waals surface area contributed by atoms with Crippen LogP contribution in [-0.4, -0.2) is 28.5 Å². The van der Waals surface area contributed by atoms with Crippen molar-refractivity contribution in [2.75, 3.05) is 24.1 Å². The molecule has 1 aliphatic heterocycles. The number of carbonyl (C=O) groups is 1. The largest absolute Gasteiger partial charge is 0.383 e. The highest BCUT2D eigenvalue weighted by molar-refractivity contribution is 6.32. The smallest absolute Gasteiger partial charge is 0.273 e. The minimum absolute atomic E-state index is 0.0689. The van der Waals surface area contributed by atoms with E-state index in [0.717, 1.165) is 4.57 Å². The highest BCUT2D eigenvalue weighted by atomic mass is 35.5. The molecule has 0 saturated carbocycles. The van der Waals surface area contributed by atoms with E-state index in [4.69, 9.17) is 17.3 Å². The van der Waals surface area contributed by atoms with Crippen LogP contribution in [-0.2, 0) is 0 Å². The van der Waals surface area contributed by atoms with Gasteiger partial charge in [-0.05, 0) is 56.6 Å². The zero-order valence-corrected chi connectivity index (χ0v) is 17.7. The van der Waals surface area contributed by atoms with Crippen LogP contribution in [0.2, 0.25) is 5.02 Å². The van der Waals surface area contributed by atoms with Gasteiger partial charge >= 0.3 is 0 Å². The first-order valence-electron chi connectivity index (χ1n) is 9.79. The highest BCUT2D eigenvalue weighted by Crippen LogP contribution is 2.23. The van der Waals surface area contributed by atoms with Crippen molar-refractivity contribution in [2.45, 2.75) is 19.8 Å². The predicted octanol–water partition coefficient (Wildman–Crippen LogP) is 3.54. The van der Waals surface area contributed by atoms with Gasteiger partial charge in [-0.15, -0.1) is 0 Å². The van der Waals surface area contributed by atoms with Crippen molar-refractivity contribution in [3.05, 3.63) is 81.1 Å². The van der Waals surface area contributed by atoms with E-state index in [2.05, 4.69) is 15.6 Å². The van der Waals surface area contributed by atoms with Gasteiger partial charge in [-0.3, -0.25) is 14.2 Å². The number of aryl methyl sites for hydroxylation is 1. The summed E-state index contributed by atoms with van der Waals surface area (Å²) >= 11 is 6.19. The Morgan fingerprint density at radius 3 is 2.52 bits per heavy atom. The standard InChI is InChI=1S/C18H14ClFN4O2.C4H9N/c1-10-5-4-6-11(19)15(10)24-9-22-16(21)14(18(24)26)17(25)23-13-8-3-2-7-12(13)20;1-2-4-5-3-1/h2-9H,21H2,1H3,(H,23,25);5H,1-4H2. The van der Waals surface area contributed by atoms with E-state index in [1.54, 1.807) is 31.2 Å². The first-order chi connectivity index (χ1) is 14.9. The second-order valence-corrected chi connectivity index (χ2v) is 7.38. The summed E-state index contributed by atoms with van der Waals surface area (Å²) in [6.07, 6.45) is 3.98. The minimum atomic E-state index is -0.857. The molecule has 31 heavy (non-hydrogen) atoms. The molecule has 7 nitrogen and oxygen atoms in total. The molecule has 1 saturated heterocycles. The van der Waals surface area contributed by atoms with Crippen molar-refractivity contribution < 1.29 is 9.18 Å². The molecule has 1 fully saturated rings. The Morgan fingerprint density at radius 2 is 1.90 bits per heavy atom. The molecule has 4 rings (SSSR count). The Kier molecular flexibility index (Phi) is 7.38. The molecule has 0 atom stereocenters. The van der Waals surface area contributed by atoms with Crippen molar-refractivity contribution in [2.24, 2.45) is 0 Å². The van der Waals surface area contributed by atoms with Crippen LogP contribution in [0.15, 0.2) is 53.6 Å². The summed E-state index contributed by atoms with van der Waals surface area (Å²) in [6, 6.07) is 10.7. The summed E-state index contributed by atoms with van der Waals surface area (Å²) in [5.74, 6) is -1.75. The number of carbonyl (C=O) groups excluding carboxylic acids is 1. The molecule has 0 unspecified atom stereocenters. The molecule has 0 aliphatic carbocycles. The average Bonchev–Trinajstić information content (AvgIpc) is 3.31. The summed E-state index contributed by atoms with van der Waals surface area (Å²) in [7, 11) is 0. The van der Waals surface area contributed by atoms with Crippen LogP contribution in [0.1, 0.15) is 28.8 Å². The number of nitrogens with one attached hydrogen (secondary N) is 2. The Balaban J connectivity index is 0.000000478.